The van der Waals surface area contributed by atoms with Crippen molar-refractivity contribution in [1.29, 1.82) is 0 Å². The first-order valence-corrected chi connectivity index (χ1v) is 6.36. The van der Waals surface area contributed by atoms with Gasteiger partial charge in [-0.15, -0.1) is 0 Å². The minimum absolute atomic E-state index is 0.890. The van der Waals surface area contributed by atoms with Crippen molar-refractivity contribution in [3.8, 4) is 0 Å². The standard InChI is InChI=1S/C12H24N2/c1-2-14-9-4-3-7-12(14)11-6-5-8-13-10-11/h11-13H,2-10H2,1H3. The molecule has 2 atom stereocenters. The van der Waals surface area contributed by atoms with Gasteiger partial charge in [0.2, 0.25) is 0 Å². The molecule has 2 rings (SSSR count). The summed E-state index contributed by atoms with van der Waals surface area (Å²) < 4.78 is 0. The molecule has 0 amide bonds. The van der Waals surface area contributed by atoms with E-state index in [9.17, 15) is 0 Å². The maximum absolute atomic E-state index is 3.55. The summed E-state index contributed by atoms with van der Waals surface area (Å²) in [6, 6.07) is 0.890. The van der Waals surface area contributed by atoms with E-state index in [0.29, 0.717) is 0 Å². The first kappa shape index (κ1) is 10.4. The summed E-state index contributed by atoms with van der Waals surface area (Å²) >= 11 is 0. The quantitative estimate of drug-likeness (QED) is 0.725. The van der Waals surface area contributed by atoms with E-state index in [1.54, 1.807) is 0 Å². The van der Waals surface area contributed by atoms with Crippen LogP contribution in [0.1, 0.15) is 39.0 Å². The van der Waals surface area contributed by atoms with Gasteiger partial charge in [0.15, 0.2) is 0 Å². The average molecular weight is 196 g/mol. The molecule has 2 nitrogen and oxygen atoms in total. The van der Waals surface area contributed by atoms with E-state index in [2.05, 4.69) is 17.1 Å². The van der Waals surface area contributed by atoms with Crippen LogP contribution in [0.15, 0.2) is 0 Å². The van der Waals surface area contributed by atoms with Crippen LogP contribution >= 0.6 is 0 Å². The van der Waals surface area contributed by atoms with Gasteiger partial charge in [-0.3, -0.25) is 0 Å². The maximum atomic E-state index is 3.55. The second-order valence-corrected chi connectivity index (χ2v) is 4.80. The molecule has 0 aromatic heterocycles. The van der Waals surface area contributed by atoms with Crippen molar-refractivity contribution in [2.45, 2.75) is 45.1 Å². The number of piperidine rings is 2. The molecular formula is C12H24N2. The first-order chi connectivity index (χ1) is 6.92. The maximum Gasteiger partial charge on any atom is 0.0135 e. The smallest absolute Gasteiger partial charge is 0.0135 e. The summed E-state index contributed by atoms with van der Waals surface area (Å²) in [5.41, 5.74) is 0. The van der Waals surface area contributed by atoms with E-state index in [1.165, 1.54) is 58.3 Å². The molecule has 14 heavy (non-hydrogen) atoms. The van der Waals surface area contributed by atoms with Gasteiger partial charge in [0.05, 0.1) is 0 Å². The van der Waals surface area contributed by atoms with Crippen molar-refractivity contribution in [2.75, 3.05) is 26.2 Å². The van der Waals surface area contributed by atoms with Crippen LogP contribution in [0, 0.1) is 5.92 Å². The Labute approximate surface area is 88.1 Å². The molecule has 0 radical (unpaired) electrons. The Kier molecular flexibility index (Phi) is 3.82. The second kappa shape index (κ2) is 5.13. The fourth-order valence-corrected chi connectivity index (χ4v) is 3.15. The number of likely N-dealkylation sites (tertiary alicyclic amines) is 1. The molecule has 0 aromatic rings. The molecule has 0 bridgehead atoms. The van der Waals surface area contributed by atoms with E-state index >= 15 is 0 Å². The van der Waals surface area contributed by atoms with Crippen LogP contribution in [0.5, 0.6) is 0 Å². The van der Waals surface area contributed by atoms with E-state index in [4.69, 9.17) is 0 Å². The van der Waals surface area contributed by atoms with Crippen molar-refractivity contribution >= 4 is 0 Å². The third-order valence-corrected chi connectivity index (χ3v) is 3.95. The highest BCUT2D eigenvalue weighted by molar-refractivity contribution is 4.85. The summed E-state index contributed by atoms with van der Waals surface area (Å²) in [7, 11) is 0. The Morgan fingerprint density at radius 3 is 2.86 bits per heavy atom. The van der Waals surface area contributed by atoms with Gasteiger partial charge in [0, 0.05) is 6.04 Å². The zero-order valence-electron chi connectivity index (χ0n) is 9.47. The largest absolute Gasteiger partial charge is 0.316 e. The molecule has 82 valence electrons. The Bertz CT molecular complexity index is 164. The zero-order chi connectivity index (χ0) is 9.80. The number of hydrogen-bond donors (Lipinski definition) is 1. The Hall–Kier alpha value is -0.0800. The van der Waals surface area contributed by atoms with Crippen molar-refractivity contribution in [2.24, 2.45) is 5.92 Å². The molecular weight excluding hydrogens is 172 g/mol. The molecule has 0 saturated carbocycles. The predicted molar refractivity (Wildman–Crippen MR) is 60.5 cm³/mol. The molecule has 2 saturated heterocycles. The van der Waals surface area contributed by atoms with Crippen LogP contribution in [0.4, 0.5) is 0 Å². The first-order valence-electron chi connectivity index (χ1n) is 6.36. The highest BCUT2D eigenvalue weighted by atomic mass is 15.2. The third-order valence-electron chi connectivity index (χ3n) is 3.95. The van der Waals surface area contributed by atoms with E-state index in [0.717, 1.165) is 12.0 Å². The Balaban J connectivity index is 1.91. The van der Waals surface area contributed by atoms with E-state index < -0.39 is 0 Å². The molecule has 2 aliphatic heterocycles. The van der Waals surface area contributed by atoms with Crippen molar-refractivity contribution in [3.05, 3.63) is 0 Å². The monoisotopic (exact) mass is 196 g/mol. The van der Waals surface area contributed by atoms with Gasteiger partial charge in [-0.2, -0.15) is 0 Å². The van der Waals surface area contributed by atoms with Crippen LogP contribution < -0.4 is 5.32 Å². The molecule has 0 aliphatic carbocycles. The fraction of sp³-hybridized carbons (Fsp3) is 1.00. The lowest BCUT2D eigenvalue weighted by Crippen LogP contribution is -2.48. The summed E-state index contributed by atoms with van der Waals surface area (Å²) in [5.74, 6) is 0.934. The van der Waals surface area contributed by atoms with Crippen molar-refractivity contribution in [3.63, 3.8) is 0 Å². The van der Waals surface area contributed by atoms with Gasteiger partial charge >= 0.3 is 0 Å². The molecule has 2 heteroatoms. The highest BCUT2D eigenvalue weighted by Gasteiger charge is 2.29. The summed E-state index contributed by atoms with van der Waals surface area (Å²) in [6.07, 6.45) is 7.16. The molecule has 2 aliphatic rings. The lowest BCUT2D eigenvalue weighted by molar-refractivity contribution is 0.0924. The van der Waals surface area contributed by atoms with Gasteiger partial charge in [0.1, 0.15) is 0 Å². The summed E-state index contributed by atoms with van der Waals surface area (Å²) in [4.78, 5) is 2.71. The molecule has 2 heterocycles. The number of nitrogens with one attached hydrogen (secondary N) is 1. The van der Waals surface area contributed by atoms with Crippen LogP contribution in [0.25, 0.3) is 0 Å². The molecule has 0 spiro atoms. The molecule has 0 aromatic carbocycles. The average Bonchev–Trinajstić information content (AvgIpc) is 2.30. The van der Waals surface area contributed by atoms with E-state index in [-0.39, 0.29) is 0 Å². The summed E-state index contributed by atoms with van der Waals surface area (Å²) in [6.45, 7) is 7.42. The lowest BCUT2D eigenvalue weighted by Gasteiger charge is -2.41. The lowest BCUT2D eigenvalue weighted by atomic mass is 9.85. The topological polar surface area (TPSA) is 15.3 Å². The Morgan fingerprint density at radius 1 is 1.21 bits per heavy atom. The summed E-state index contributed by atoms with van der Waals surface area (Å²) in [5, 5.41) is 3.55. The van der Waals surface area contributed by atoms with Crippen molar-refractivity contribution < 1.29 is 0 Å². The van der Waals surface area contributed by atoms with Gasteiger partial charge in [-0.1, -0.05) is 13.3 Å². The molecule has 1 N–H and O–H groups in total. The van der Waals surface area contributed by atoms with Crippen LogP contribution in [-0.4, -0.2) is 37.1 Å². The Morgan fingerprint density at radius 2 is 2.14 bits per heavy atom. The highest BCUT2D eigenvalue weighted by Crippen LogP contribution is 2.26. The minimum atomic E-state index is 0.890. The molecule has 2 unspecified atom stereocenters. The van der Waals surface area contributed by atoms with Crippen LogP contribution in [0.3, 0.4) is 0 Å². The normalized spacial score (nSPS) is 35.8. The van der Waals surface area contributed by atoms with Gasteiger partial charge in [-0.05, 0) is 57.8 Å². The van der Waals surface area contributed by atoms with Crippen LogP contribution in [-0.2, 0) is 0 Å². The SMILES string of the molecule is CCN1CCCCC1C1CCCNC1. The zero-order valence-corrected chi connectivity index (χ0v) is 9.47. The number of rotatable bonds is 2. The van der Waals surface area contributed by atoms with Crippen LogP contribution in [0.2, 0.25) is 0 Å². The van der Waals surface area contributed by atoms with Crippen molar-refractivity contribution in [1.82, 2.24) is 10.2 Å². The van der Waals surface area contributed by atoms with Gasteiger partial charge < -0.3 is 10.2 Å². The number of hydrogen-bond acceptors (Lipinski definition) is 2. The minimum Gasteiger partial charge on any atom is -0.316 e. The second-order valence-electron chi connectivity index (χ2n) is 4.80. The predicted octanol–water partition coefficient (Wildman–Crippen LogP) is 1.86. The number of nitrogens with zero attached hydrogens (tertiary/aromatic N) is 1. The molecule has 2 fully saturated rings. The van der Waals surface area contributed by atoms with E-state index in [1.807, 2.05) is 0 Å². The fourth-order valence-electron chi connectivity index (χ4n) is 3.15. The van der Waals surface area contributed by atoms with Gasteiger partial charge in [-0.25, -0.2) is 0 Å². The van der Waals surface area contributed by atoms with Gasteiger partial charge in [0.25, 0.3) is 0 Å². The third kappa shape index (κ3) is 2.29.